The molecule has 0 bridgehead atoms. The molecule has 0 aliphatic rings. The summed E-state index contributed by atoms with van der Waals surface area (Å²) >= 11 is 0. The Morgan fingerprint density at radius 2 is 0.840 bits per heavy atom. The maximum Gasteiger partial charge on any atom is 0.308 e. The van der Waals surface area contributed by atoms with Crippen molar-refractivity contribution in [2.24, 2.45) is 10.8 Å². The fourth-order valence-electron chi connectivity index (χ4n) is 0. The van der Waals surface area contributed by atoms with Gasteiger partial charge in [-0.05, 0) is 27.7 Å². The average Bonchev–Trinajstić information content (AvgIpc) is 2.12. The minimum absolute atomic E-state index is 0. The monoisotopic (exact) mass is 374 g/mol. The van der Waals surface area contributed by atoms with Gasteiger partial charge in [0.15, 0.2) is 0 Å². The summed E-state index contributed by atoms with van der Waals surface area (Å²) in [5, 5.41) is 34.5. The van der Waals surface area contributed by atoms with E-state index in [0.29, 0.717) is 0 Å². The van der Waals surface area contributed by atoms with Crippen molar-refractivity contribution in [3.63, 3.8) is 0 Å². The molecule has 0 aromatic heterocycles. The van der Waals surface area contributed by atoms with E-state index in [1.54, 1.807) is 41.5 Å². The molecule has 9 heteroatoms. The SMILES string of the molecule is C.C.CC(=O)O.CC(=O)[O-].CC(C)(C)C(=O)O.CC(C)(C)C(=O)[O-].O.[HH]. The minimum Gasteiger partial charge on any atom is -0.550 e. The van der Waals surface area contributed by atoms with Crippen LogP contribution in [0.1, 0.15) is 71.7 Å². The first-order valence-electron chi connectivity index (χ1n) is 6.17. The van der Waals surface area contributed by atoms with Crippen LogP contribution < -0.4 is 10.2 Å². The van der Waals surface area contributed by atoms with Crippen molar-refractivity contribution < 1.29 is 46.5 Å². The van der Waals surface area contributed by atoms with Crippen LogP contribution in [0.2, 0.25) is 0 Å². The third-order valence-corrected chi connectivity index (χ3v) is 1.25. The fraction of sp³-hybridized carbons (Fsp3) is 0.750. The van der Waals surface area contributed by atoms with Crippen LogP contribution in [0.15, 0.2) is 0 Å². The van der Waals surface area contributed by atoms with Gasteiger partial charge in [0, 0.05) is 25.7 Å². The first-order chi connectivity index (χ1) is 9.35. The Kier molecular flexibility index (Phi) is 34.5. The number of hydrogen-bond donors (Lipinski definition) is 2. The molecule has 0 saturated carbocycles. The Bertz CT molecular complexity index is 323. The van der Waals surface area contributed by atoms with Crippen LogP contribution in [0.25, 0.3) is 0 Å². The quantitative estimate of drug-likeness (QED) is 0.610. The summed E-state index contributed by atoms with van der Waals surface area (Å²) in [6, 6.07) is 0. The highest BCUT2D eigenvalue weighted by Crippen LogP contribution is 2.11. The highest BCUT2D eigenvalue weighted by Gasteiger charge is 2.18. The second-order valence-corrected chi connectivity index (χ2v) is 6.10. The highest BCUT2D eigenvalue weighted by molar-refractivity contribution is 5.72. The van der Waals surface area contributed by atoms with Crippen molar-refractivity contribution >= 4 is 23.9 Å². The number of carbonyl (C=O) groups excluding carboxylic acids is 2. The summed E-state index contributed by atoms with van der Waals surface area (Å²) in [6.45, 7) is 11.8. The summed E-state index contributed by atoms with van der Waals surface area (Å²) in [5.74, 6) is -3.68. The second kappa shape index (κ2) is 19.9. The van der Waals surface area contributed by atoms with Crippen LogP contribution in [0, 0.1) is 10.8 Å². The number of carbonyl (C=O) groups is 4. The molecule has 0 spiro atoms. The van der Waals surface area contributed by atoms with Crippen LogP contribution in [0.5, 0.6) is 0 Å². The molecule has 9 nitrogen and oxygen atoms in total. The van der Waals surface area contributed by atoms with Gasteiger partial charge in [0.25, 0.3) is 5.97 Å². The number of rotatable bonds is 0. The molecule has 0 unspecified atom stereocenters. The lowest BCUT2D eigenvalue weighted by atomic mass is 9.98. The predicted octanol–water partition coefficient (Wildman–Crippen LogP) is 0.440. The number of carboxylic acid groups (broad SMARTS) is 4. The Balaban J connectivity index is -0.0000000271. The summed E-state index contributed by atoms with van der Waals surface area (Å²) in [6.07, 6.45) is 0. The molecular weight excluding hydrogens is 336 g/mol. The lowest BCUT2D eigenvalue weighted by molar-refractivity contribution is -0.316. The zero-order chi connectivity index (χ0) is 19.3. The van der Waals surface area contributed by atoms with Crippen LogP contribution in [-0.4, -0.2) is 39.6 Å². The molecule has 0 amide bonds. The molecule has 0 aliphatic carbocycles. The third-order valence-electron chi connectivity index (χ3n) is 1.25. The smallest absolute Gasteiger partial charge is 0.308 e. The fourth-order valence-corrected chi connectivity index (χ4v) is 0. The van der Waals surface area contributed by atoms with Gasteiger partial charge in [-0.2, -0.15) is 0 Å². The lowest BCUT2D eigenvalue weighted by Gasteiger charge is -2.18. The molecular formula is C16H38O9-2. The van der Waals surface area contributed by atoms with E-state index >= 15 is 0 Å². The Morgan fingerprint density at radius 3 is 0.840 bits per heavy atom. The van der Waals surface area contributed by atoms with Gasteiger partial charge in [-0.15, -0.1) is 0 Å². The summed E-state index contributed by atoms with van der Waals surface area (Å²) in [5.41, 5.74) is -1.28. The Morgan fingerprint density at radius 1 is 0.760 bits per heavy atom. The molecule has 0 aliphatic heterocycles. The molecule has 0 aromatic rings. The largest absolute Gasteiger partial charge is 0.550 e. The van der Waals surface area contributed by atoms with E-state index in [4.69, 9.17) is 24.9 Å². The minimum atomic E-state index is -1.08. The maximum atomic E-state index is 10.0. The van der Waals surface area contributed by atoms with Gasteiger partial charge in [-0.1, -0.05) is 35.6 Å². The van der Waals surface area contributed by atoms with Crippen molar-refractivity contribution in [2.45, 2.75) is 70.2 Å². The second-order valence-electron chi connectivity index (χ2n) is 6.10. The van der Waals surface area contributed by atoms with E-state index in [9.17, 15) is 14.7 Å². The van der Waals surface area contributed by atoms with E-state index in [1.165, 1.54) is 0 Å². The van der Waals surface area contributed by atoms with E-state index < -0.39 is 34.7 Å². The first-order valence-corrected chi connectivity index (χ1v) is 6.17. The highest BCUT2D eigenvalue weighted by atomic mass is 16.4. The predicted molar refractivity (Wildman–Crippen MR) is 94.7 cm³/mol. The summed E-state index contributed by atoms with van der Waals surface area (Å²) < 4.78 is 0. The first kappa shape index (κ1) is 43.4. The molecule has 0 fully saturated rings. The van der Waals surface area contributed by atoms with Gasteiger partial charge in [0.05, 0.1) is 5.41 Å². The number of carboxylic acids is 4. The van der Waals surface area contributed by atoms with E-state index in [0.717, 1.165) is 13.8 Å². The van der Waals surface area contributed by atoms with Crippen LogP contribution in [0.3, 0.4) is 0 Å². The normalized spacial score (nSPS) is 8.32. The maximum absolute atomic E-state index is 10.0. The molecule has 4 N–H and O–H groups in total. The van der Waals surface area contributed by atoms with Gasteiger partial charge >= 0.3 is 5.97 Å². The van der Waals surface area contributed by atoms with Crippen molar-refractivity contribution in [1.29, 1.82) is 0 Å². The van der Waals surface area contributed by atoms with Crippen molar-refractivity contribution in [1.82, 2.24) is 0 Å². The molecule has 0 atom stereocenters. The summed E-state index contributed by atoms with van der Waals surface area (Å²) in [7, 11) is 0. The van der Waals surface area contributed by atoms with Crippen LogP contribution in [0.4, 0.5) is 0 Å². The Hall–Kier alpha value is -2.16. The van der Waals surface area contributed by atoms with Gasteiger partial charge in [0.2, 0.25) is 0 Å². The molecule has 0 aromatic carbocycles. The zero-order valence-corrected chi connectivity index (χ0v) is 14.8. The van der Waals surface area contributed by atoms with Gasteiger partial charge in [-0.3, -0.25) is 9.59 Å². The van der Waals surface area contributed by atoms with Crippen LogP contribution >= 0.6 is 0 Å². The Labute approximate surface area is 152 Å². The molecule has 158 valence electrons. The topological polar surface area (TPSA) is 186 Å². The standard InChI is InChI=1S/2C5H10O2.2C2H4O2.2CH4.H2O.H2/c2*1-5(2,3)4(6)7;2*1-2(3)4;;;;/h2*1-3H3,(H,6,7);2*1H3,(H,3,4);2*1H4;1H2;1H/p-2. The van der Waals surface area contributed by atoms with E-state index in [2.05, 4.69) is 0 Å². The molecule has 0 heterocycles. The number of hydrogen-bond acceptors (Lipinski definition) is 6. The average molecular weight is 374 g/mol. The van der Waals surface area contributed by atoms with Crippen molar-refractivity contribution in [3.05, 3.63) is 0 Å². The van der Waals surface area contributed by atoms with Gasteiger partial charge in [-0.25, -0.2) is 0 Å². The van der Waals surface area contributed by atoms with E-state index in [1.807, 2.05) is 0 Å². The van der Waals surface area contributed by atoms with Crippen LogP contribution in [-0.2, 0) is 19.2 Å². The molecule has 25 heavy (non-hydrogen) atoms. The number of aliphatic carboxylic acids is 4. The zero-order valence-electron chi connectivity index (χ0n) is 14.8. The van der Waals surface area contributed by atoms with Crippen molar-refractivity contribution in [3.8, 4) is 0 Å². The van der Waals surface area contributed by atoms with E-state index in [-0.39, 0.29) is 21.8 Å². The van der Waals surface area contributed by atoms with Gasteiger partial charge < -0.3 is 35.5 Å². The van der Waals surface area contributed by atoms with Gasteiger partial charge in [0.1, 0.15) is 0 Å². The van der Waals surface area contributed by atoms with Crippen molar-refractivity contribution in [2.75, 3.05) is 0 Å². The third kappa shape index (κ3) is 88.8. The summed E-state index contributed by atoms with van der Waals surface area (Å²) in [4.78, 5) is 37.8. The molecule has 0 saturated heterocycles. The molecule has 0 radical (unpaired) electrons. The molecule has 0 rings (SSSR count). The lowest BCUT2D eigenvalue weighted by Crippen LogP contribution is -2.35.